The second kappa shape index (κ2) is 7.13. The molecule has 1 aromatic heterocycles. The number of carbonyl (C=O) groups excluding carboxylic acids is 1. The number of piperidine rings is 1. The molecule has 4 rings (SSSR count). The smallest absolute Gasteiger partial charge is 0.320 e. The van der Waals surface area contributed by atoms with Crippen LogP contribution in [-0.2, 0) is 13.1 Å². The maximum Gasteiger partial charge on any atom is 0.320 e. The van der Waals surface area contributed by atoms with Crippen LogP contribution in [0.2, 0.25) is 0 Å². The van der Waals surface area contributed by atoms with Crippen molar-refractivity contribution in [3.8, 4) is 0 Å². The number of carbonyl (C=O) groups is 1. The number of aromatic nitrogens is 2. The zero-order valence-corrected chi connectivity index (χ0v) is 14.6. The van der Waals surface area contributed by atoms with Gasteiger partial charge in [0, 0.05) is 44.8 Å². The highest BCUT2D eigenvalue weighted by Gasteiger charge is 2.30. The third kappa shape index (κ3) is 3.43. The van der Waals surface area contributed by atoms with Crippen LogP contribution in [0.4, 0.5) is 4.79 Å². The first-order valence-corrected chi connectivity index (χ1v) is 9.56. The summed E-state index contributed by atoms with van der Waals surface area (Å²) >= 11 is 0. The van der Waals surface area contributed by atoms with Crippen molar-refractivity contribution < 1.29 is 4.79 Å². The molecule has 2 saturated heterocycles. The molecule has 0 spiro atoms. The Hall–Kier alpha value is -1.56. The molecule has 0 radical (unpaired) electrons. The lowest BCUT2D eigenvalue weighted by atomic mass is 10.1. The maximum absolute atomic E-state index is 12.9. The summed E-state index contributed by atoms with van der Waals surface area (Å²) in [5.41, 5.74) is 1.17. The van der Waals surface area contributed by atoms with Crippen molar-refractivity contribution in [1.82, 2.24) is 24.5 Å². The number of hydrogen-bond donors (Lipinski definition) is 0. The van der Waals surface area contributed by atoms with Crippen LogP contribution >= 0.6 is 0 Å². The van der Waals surface area contributed by atoms with E-state index in [2.05, 4.69) is 25.6 Å². The van der Waals surface area contributed by atoms with E-state index in [1.165, 1.54) is 38.0 Å². The minimum Gasteiger partial charge on any atom is -0.325 e. The van der Waals surface area contributed by atoms with Gasteiger partial charge in [-0.3, -0.25) is 4.68 Å². The molecule has 0 unspecified atom stereocenters. The fourth-order valence-corrected chi connectivity index (χ4v) is 4.41. The highest BCUT2D eigenvalue weighted by molar-refractivity contribution is 5.74. The van der Waals surface area contributed by atoms with Gasteiger partial charge < -0.3 is 14.7 Å². The molecule has 24 heavy (non-hydrogen) atoms. The first-order valence-electron chi connectivity index (χ1n) is 9.56. The molecule has 6 nitrogen and oxygen atoms in total. The molecule has 0 N–H and O–H groups in total. The molecule has 0 aromatic carbocycles. The minimum absolute atomic E-state index is 0.228. The molecule has 1 aromatic rings. The molecule has 0 aliphatic carbocycles. The summed E-state index contributed by atoms with van der Waals surface area (Å²) in [4.78, 5) is 19.6. The minimum atomic E-state index is 0.228. The molecular weight excluding hydrogens is 302 g/mol. The summed E-state index contributed by atoms with van der Waals surface area (Å²) in [6, 6.07) is 2.29. The average Bonchev–Trinajstić information content (AvgIpc) is 3.24. The molecule has 0 bridgehead atoms. The standard InChI is InChI=1S/C18H29N5O/c24-18(21-10-4-5-11-21)22-13-16(12-20-8-2-1-3-9-20)14-23-17(15-22)6-7-19-23/h6-7,16H,1-5,8-15H2/t16-/m0/s1. The van der Waals surface area contributed by atoms with Crippen molar-refractivity contribution in [3.63, 3.8) is 0 Å². The first kappa shape index (κ1) is 15.9. The van der Waals surface area contributed by atoms with Crippen LogP contribution in [0, 0.1) is 5.92 Å². The Kier molecular flexibility index (Phi) is 4.74. The molecule has 3 aliphatic heterocycles. The van der Waals surface area contributed by atoms with Gasteiger partial charge in [0.1, 0.15) is 0 Å². The average molecular weight is 331 g/mol. The van der Waals surface area contributed by atoms with Crippen molar-refractivity contribution >= 4 is 6.03 Å². The van der Waals surface area contributed by atoms with E-state index >= 15 is 0 Å². The third-order valence-electron chi connectivity index (χ3n) is 5.68. The zero-order valence-electron chi connectivity index (χ0n) is 14.6. The van der Waals surface area contributed by atoms with Crippen LogP contribution in [0.1, 0.15) is 37.8 Å². The van der Waals surface area contributed by atoms with Crippen molar-refractivity contribution in [2.45, 2.75) is 45.2 Å². The van der Waals surface area contributed by atoms with Crippen molar-refractivity contribution in [2.75, 3.05) is 39.3 Å². The second-order valence-corrected chi connectivity index (χ2v) is 7.59. The number of likely N-dealkylation sites (tertiary alicyclic amines) is 2. The van der Waals surface area contributed by atoms with Crippen molar-refractivity contribution in [1.29, 1.82) is 0 Å². The molecule has 0 saturated carbocycles. The largest absolute Gasteiger partial charge is 0.325 e. The van der Waals surface area contributed by atoms with E-state index in [4.69, 9.17) is 0 Å². The molecule has 6 heteroatoms. The normalized spacial score (nSPS) is 25.6. The van der Waals surface area contributed by atoms with Crippen molar-refractivity contribution in [3.05, 3.63) is 18.0 Å². The van der Waals surface area contributed by atoms with Crippen LogP contribution in [0.15, 0.2) is 12.3 Å². The topological polar surface area (TPSA) is 44.6 Å². The Morgan fingerprint density at radius 2 is 1.75 bits per heavy atom. The predicted octanol–water partition coefficient (Wildman–Crippen LogP) is 2.02. The Balaban J connectivity index is 1.48. The fourth-order valence-electron chi connectivity index (χ4n) is 4.41. The van der Waals surface area contributed by atoms with E-state index in [1.807, 2.05) is 11.1 Å². The van der Waals surface area contributed by atoms with E-state index in [1.54, 1.807) is 0 Å². The highest BCUT2D eigenvalue weighted by atomic mass is 16.2. The van der Waals surface area contributed by atoms with Gasteiger partial charge in [-0.05, 0) is 44.8 Å². The lowest BCUT2D eigenvalue weighted by molar-refractivity contribution is 0.135. The summed E-state index contributed by atoms with van der Waals surface area (Å²) in [6.07, 6.45) is 8.16. The molecule has 4 heterocycles. The lowest BCUT2D eigenvalue weighted by Gasteiger charge is -2.33. The van der Waals surface area contributed by atoms with E-state index in [0.717, 1.165) is 45.6 Å². The van der Waals surface area contributed by atoms with Crippen LogP contribution in [0.3, 0.4) is 0 Å². The number of nitrogens with zero attached hydrogens (tertiary/aromatic N) is 5. The van der Waals surface area contributed by atoms with E-state index in [9.17, 15) is 4.79 Å². The summed E-state index contributed by atoms with van der Waals surface area (Å²) in [7, 11) is 0. The number of rotatable bonds is 2. The van der Waals surface area contributed by atoms with Crippen LogP contribution < -0.4 is 0 Å². The fraction of sp³-hybridized carbons (Fsp3) is 0.778. The van der Waals surface area contributed by atoms with Crippen LogP contribution in [0.25, 0.3) is 0 Å². The van der Waals surface area contributed by atoms with Gasteiger partial charge in [-0.2, -0.15) is 5.10 Å². The molecule has 2 fully saturated rings. The van der Waals surface area contributed by atoms with E-state index in [-0.39, 0.29) is 6.03 Å². The van der Waals surface area contributed by atoms with E-state index < -0.39 is 0 Å². The number of urea groups is 1. The van der Waals surface area contributed by atoms with Gasteiger partial charge in [-0.15, -0.1) is 0 Å². The highest BCUT2D eigenvalue weighted by Crippen LogP contribution is 2.21. The summed E-state index contributed by atoms with van der Waals surface area (Å²) in [5, 5.41) is 4.50. The maximum atomic E-state index is 12.9. The number of amides is 2. The number of fused-ring (bicyclic) bond motifs is 1. The molecule has 3 aliphatic rings. The number of hydrogen-bond acceptors (Lipinski definition) is 3. The van der Waals surface area contributed by atoms with Gasteiger partial charge in [0.25, 0.3) is 0 Å². The molecular formula is C18H29N5O. The summed E-state index contributed by atoms with van der Waals surface area (Å²) < 4.78 is 2.12. The van der Waals surface area contributed by atoms with Crippen molar-refractivity contribution in [2.24, 2.45) is 5.92 Å². The van der Waals surface area contributed by atoms with Gasteiger partial charge in [0.2, 0.25) is 0 Å². The quantitative estimate of drug-likeness (QED) is 0.833. The van der Waals surface area contributed by atoms with Crippen LogP contribution in [0.5, 0.6) is 0 Å². The second-order valence-electron chi connectivity index (χ2n) is 7.59. The zero-order chi connectivity index (χ0) is 16.4. The van der Waals surface area contributed by atoms with E-state index in [0.29, 0.717) is 12.5 Å². The SMILES string of the molecule is O=C(N1CCCC1)N1Cc2ccnn2C[C@@H](CN2CCCCC2)C1. The Bertz CT molecular complexity index is 560. The molecule has 2 amide bonds. The van der Waals surface area contributed by atoms with Crippen LogP contribution in [-0.4, -0.2) is 69.8 Å². The molecule has 132 valence electrons. The predicted molar refractivity (Wildman–Crippen MR) is 92.6 cm³/mol. The monoisotopic (exact) mass is 331 g/mol. The first-order chi connectivity index (χ1) is 11.8. The third-order valence-corrected chi connectivity index (χ3v) is 5.68. The Morgan fingerprint density at radius 1 is 1.00 bits per heavy atom. The molecule has 1 atom stereocenters. The van der Waals surface area contributed by atoms with Gasteiger partial charge in [-0.1, -0.05) is 6.42 Å². The van der Waals surface area contributed by atoms with Gasteiger partial charge in [-0.25, -0.2) is 4.79 Å². The summed E-state index contributed by atoms with van der Waals surface area (Å²) in [5.74, 6) is 0.468. The summed E-state index contributed by atoms with van der Waals surface area (Å²) in [6.45, 7) is 7.84. The Labute approximate surface area is 144 Å². The lowest BCUT2D eigenvalue weighted by Crippen LogP contribution is -2.45. The van der Waals surface area contributed by atoms with Gasteiger partial charge in [0.05, 0.1) is 12.2 Å². The van der Waals surface area contributed by atoms with Gasteiger partial charge >= 0.3 is 6.03 Å². The van der Waals surface area contributed by atoms with Gasteiger partial charge in [0.15, 0.2) is 0 Å². The Morgan fingerprint density at radius 3 is 2.54 bits per heavy atom.